The smallest absolute Gasteiger partial charge is 0.231 e. The fraction of sp³-hybridized carbons (Fsp3) is 0.250. The van der Waals surface area contributed by atoms with E-state index < -0.39 is 17.5 Å². The molecule has 0 aliphatic carbocycles. The van der Waals surface area contributed by atoms with Gasteiger partial charge in [-0.1, -0.05) is 6.07 Å². The van der Waals surface area contributed by atoms with Crippen molar-refractivity contribution in [1.29, 1.82) is 0 Å². The first-order valence-corrected chi connectivity index (χ1v) is 6.81. The Bertz CT molecular complexity index is 683. The number of halogens is 3. The van der Waals surface area contributed by atoms with Crippen LogP contribution in [0.25, 0.3) is 0 Å². The maximum Gasteiger partial charge on any atom is 0.231 e. The van der Waals surface area contributed by atoms with Gasteiger partial charge in [0, 0.05) is 12.6 Å². The fourth-order valence-corrected chi connectivity index (χ4v) is 2.28. The van der Waals surface area contributed by atoms with E-state index in [1.54, 1.807) is 0 Å². The van der Waals surface area contributed by atoms with Crippen molar-refractivity contribution in [2.75, 3.05) is 6.79 Å². The zero-order valence-electron chi connectivity index (χ0n) is 11.8. The van der Waals surface area contributed by atoms with Crippen LogP contribution >= 0.6 is 0 Å². The molecular weight excluding hydrogens is 295 g/mol. The summed E-state index contributed by atoms with van der Waals surface area (Å²) in [6, 6.07) is 7.44. The van der Waals surface area contributed by atoms with Crippen LogP contribution in [0.5, 0.6) is 11.5 Å². The van der Waals surface area contributed by atoms with Crippen LogP contribution in [-0.2, 0) is 6.54 Å². The molecule has 22 heavy (non-hydrogen) atoms. The summed E-state index contributed by atoms with van der Waals surface area (Å²) >= 11 is 0. The Hall–Kier alpha value is -2.21. The molecule has 0 saturated carbocycles. The van der Waals surface area contributed by atoms with Crippen LogP contribution in [0.2, 0.25) is 0 Å². The molecule has 0 spiro atoms. The van der Waals surface area contributed by atoms with E-state index in [0.29, 0.717) is 17.1 Å². The SMILES string of the molecule is CC(NCc1cc(F)c(F)c(F)c1)c1ccc2c(c1)OCO2. The number of benzene rings is 2. The minimum absolute atomic E-state index is 0.0781. The van der Waals surface area contributed by atoms with Crippen LogP contribution in [0.4, 0.5) is 13.2 Å². The van der Waals surface area contributed by atoms with Gasteiger partial charge in [-0.2, -0.15) is 0 Å². The summed E-state index contributed by atoms with van der Waals surface area (Å²) < 4.78 is 49.8. The minimum Gasteiger partial charge on any atom is -0.454 e. The average Bonchev–Trinajstić information content (AvgIpc) is 2.97. The first-order chi connectivity index (χ1) is 10.5. The quantitative estimate of drug-likeness (QED) is 0.874. The van der Waals surface area contributed by atoms with Crippen molar-refractivity contribution in [2.45, 2.75) is 19.5 Å². The molecule has 1 aliphatic rings. The lowest BCUT2D eigenvalue weighted by molar-refractivity contribution is 0.174. The van der Waals surface area contributed by atoms with Crippen LogP contribution in [0.3, 0.4) is 0 Å². The normalized spacial score (nSPS) is 14.2. The maximum atomic E-state index is 13.2. The molecule has 0 aromatic heterocycles. The molecule has 3 nitrogen and oxygen atoms in total. The Morgan fingerprint density at radius 3 is 2.45 bits per heavy atom. The largest absolute Gasteiger partial charge is 0.454 e. The van der Waals surface area contributed by atoms with Crippen LogP contribution < -0.4 is 14.8 Å². The van der Waals surface area contributed by atoms with E-state index in [-0.39, 0.29) is 19.4 Å². The molecule has 2 aromatic rings. The lowest BCUT2D eigenvalue weighted by atomic mass is 10.1. The molecule has 0 fully saturated rings. The summed E-state index contributed by atoms with van der Waals surface area (Å²) in [7, 11) is 0. The number of fused-ring (bicyclic) bond motifs is 1. The standard InChI is InChI=1S/C16H14F3NO2/c1-9(11-2-3-14-15(6-11)22-8-21-14)20-7-10-4-12(17)16(19)13(18)5-10/h2-6,9,20H,7-8H2,1H3. The van der Waals surface area contributed by atoms with E-state index in [4.69, 9.17) is 9.47 Å². The van der Waals surface area contributed by atoms with E-state index in [2.05, 4.69) is 5.32 Å². The zero-order chi connectivity index (χ0) is 15.7. The van der Waals surface area contributed by atoms with Gasteiger partial charge in [0.2, 0.25) is 6.79 Å². The molecule has 1 aliphatic heterocycles. The highest BCUT2D eigenvalue weighted by atomic mass is 19.2. The third-order valence-corrected chi connectivity index (χ3v) is 3.55. The summed E-state index contributed by atoms with van der Waals surface area (Å²) in [6.45, 7) is 2.33. The molecule has 0 saturated heterocycles. The molecule has 116 valence electrons. The number of rotatable bonds is 4. The topological polar surface area (TPSA) is 30.5 Å². The Balaban J connectivity index is 1.68. The molecule has 3 rings (SSSR count). The van der Waals surface area contributed by atoms with Crippen molar-refractivity contribution < 1.29 is 22.6 Å². The molecule has 1 heterocycles. The predicted octanol–water partition coefficient (Wildman–Crippen LogP) is 3.68. The second-order valence-electron chi connectivity index (χ2n) is 5.09. The van der Waals surface area contributed by atoms with E-state index in [9.17, 15) is 13.2 Å². The summed E-state index contributed by atoms with van der Waals surface area (Å²) in [6.07, 6.45) is 0. The fourth-order valence-electron chi connectivity index (χ4n) is 2.28. The van der Waals surface area contributed by atoms with Gasteiger partial charge in [0.05, 0.1) is 0 Å². The first kappa shape index (κ1) is 14.7. The van der Waals surface area contributed by atoms with Gasteiger partial charge in [-0.15, -0.1) is 0 Å². The monoisotopic (exact) mass is 309 g/mol. The van der Waals surface area contributed by atoms with Gasteiger partial charge in [-0.3, -0.25) is 0 Å². The van der Waals surface area contributed by atoms with Crippen molar-refractivity contribution in [1.82, 2.24) is 5.32 Å². The van der Waals surface area contributed by atoms with Gasteiger partial charge in [0.25, 0.3) is 0 Å². The molecule has 0 radical (unpaired) electrons. The van der Waals surface area contributed by atoms with Gasteiger partial charge in [0.1, 0.15) is 0 Å². The molecule has 0 amide bonds. The van der Waals surface area contributed by atoms with Crippen molar-refractivity contribution in [3.05, 3.63) is 58.9 Å². The predicted molar refractivity (Wildman–Crippen MR) is 74.1 cm³/mol. The maximum absolute atomic E-state index is 13.2. The molecule has 0 bridgehead atoms. The molecular formula is C16H14F3NO2. The van der Waals surface area contributed by atoms with Gasteiger partial charge in [0.15, 0.2) is 29.0 Å². The van der Waals surface area contributed by atoms with Gasteiger partial charge in [-0.05, 0) is 42.3 Å². The third-order valence-electron chi connectivity index (χ3n) is 3.55. The van der Waals surface area contributed by atoms with Crippen molar-refractivity contribution >= 4 is 0 Å². The van der Waals surface area contributed by atoms with Gasteiger partial charge >= 0.3 is 0 Å². The van der Waals surface area contributed by atoms with Crippen LogP contribution in [0, 0.1) is 17.5 Å². The molecule has 1 unspecified atom stereocenters. The first-order valence-electron chi connectivity index (χ1n) is 6.81. The average molecular weight is 309 g/mol. The van der Waals surface area contributed by atoms with Crippen LogP contribution in [0.15, 0.2) is 30.3 Å². The van der Waals surface area contributed by atoms with Crippen molar-refractivity contribution in [3.63, 3.8) is 0 Å². The van der Waals surface area contributed by atoms with E-state index in [1.807, 2.05) is 25.1 Å². The van der Waals surface area contributed by atoms with E-state index >= 15 is 0 Å². The summed E-state index contributed by atoms with van der Waals surface area (Å²) in [5.74, 6) is -2.46. The lowest BCUT2D eigenvalue weighted by Crippen LogP contribution is -2.18. The summed E-state index contributed by atoms with van der Waals surface area (Å²) in [4.78, 5) is 0. The highest BCUT2D eigenvalue weighted by molar-refractivity contribution is 5.45. The van der Waals surface area contributed by atoms with Crippen molar-refractivity contribution in [3.8, 4) is 11.5 Å². The Morgan fingerprint density at radius 1 is 1.05 bits per heavy atom. The molecule has 1 N–H and O–H groups in total. The third kappa shape index (κ3) is 2.87. The minimum atomic E-state index is -1.45. The number of hydrogen-bond acceptors (Lipinski definition) is 3. The lowest BCUT2D eigenvalue weighted by Gasteiger charge is -2.15. The number of hydrogen-bond donors (Lipinski definition) is 1. The van der Waals surface area contributed by atoms with E-state index in [0.717, 1.165) is 17.7 Å². The summed E-state index contributed by atoms with van der Waals surface area (Å²) in [5, 5.41) is 3.13. The van der Waals surface area contributed by atoms with E-state index in [1.165, 1.54) is 0 Å². The Morgan fingerprint density at radius 2 is 1.73 bits per heavy atom. The van der Waals surface area contributed by atoms with Gasteiger partial charge < -0.3 is 14.8 Å². The molecule has 2 aromatic carbocycles. The van der Waals surface area contributed by atoms with Gasteiger partial charge in [-0.25, -0.2) is 13.2 Å². The molecule has 6 heteroatoms. The number of nitrogens with one attached hydrogen (secondary N) is 1. The van der Waals surface area contributed by atoms with Crippen molar-refractivity contribution in [2.24, 2.45) is 0 Å². The Kier molecular flexibility index (Phi) is 3.94. The number of ether oxygens (including phenoxy) is 2. The summed E-state index contributed by atoms with van der Waals surface area (Å²) in [5.41, 5.74) is 1.29. The highest BCUT2D eigenvalue weighted by Crippen LogP contribution is 2.34. The highest BCUT2D eigenvalue weighted by Gasteiger charge is 2.16. The second-order valence-corrected chi connectivity index (χ2v) is 5.09. The molecule has 1 atom stereocenters. The second kappa shape index (κ2) is 5.88. The Labute approximate surface area is 125 Å². The van der Waals surface area contributed by atoms with Crippen LogP contribution in [0.1, 0.15) is 24.1 Å². The zero-order valence-corrected chi connectivity index (χ0v) is 11.8. The van der Waals surface area contributed by atoms with Crippen LogP contribution in [-0.4, -0.2) is 6.79 Å².